The number of halogens is 1. The normalized spacial score (nSPS) is 21.3. The van der Waals surface area contributed by atoms with E-state index in [1.807, 2.05) is 5.32 Å². The molecular weight excluding hydrogens is 210 g/mol. The van der Waals surface area contributed by atoms with Gasteiger partial charge in [0.15, 0.2) is 0 Å². The number of carbonyl (C=O) groups excluding carboxylic acids is 3. The summed E-state index contributed by atoms with van der Waals surface area (Å²) < 4.78 is 0. The zero-order valence-electron chi connectivity index (χ0n) is 7.33. The number of imide groups is 1. The molecule has 6 nitrogen and oxygen atoms in total. The summed E-state index contributed by atoms with van der Waals surface area (Å²) in [6.07, 6.45) is 0. The molecule has 0 aromatic carbocycles. The fraction of sp³-hybridized carbons (Fsp3) is 0.429. The van der Waals surface area contributed by atoms with Crippen LogP contribution in [0, 0.1) is 0 Å². The van der Waals surface area contributed by atoms with Gasteiger partial charge in [-0.05, 0) is 6.92 Å². The maximum Gasteiger partial charge on any atom is 0.347 e. The maximum atomic E-state index is 11.2. The van der Waals surface area contributed by atoms with E-state index in [-0.39, 0.29) is 11.6 Å². The summed E-state index contributed by atoms with van der Waals surface area (Å²) in [5, 5.41) is 4.29. The first kappa shape index (κ1) is 10.6. The van der Waals surface area contributed by atoms with Crippen molar-refractivity contribution < 1.29 is 14.4 Å². The summed E-state index contributed by atoms with van der Waals surface area (Å²) in [5.74, 6) is -1.33. The van der Waals surface area contributed by atoms with Crippen LogP contribution in [0.1, 0.15) is 6.92 Å². The van der Waals surface area contributed by atoms with Crippen molar-refractivity contribution in [2.45, 2.75) is 13.0 Å². The Labute approximate surface area is 84.7 Å². The molecule has 0 saturated carbocycles. The molecule has 1 aliphatic heterocycles. The Bertz CT molecular complexity index is 326. The van der Waals surface area contributed by atoms with Crippen LogP contribution < -0.4 is 10.6 Å². The Morgan fingerprint density at radius 3 is 2.79 bits per heavy atom. The van der Waals surface area contributed by atoms with Gasteiger partial charge in [-0.1, -0.05) is 0 Å². The van der Waals surface area contributed by atoms with Gasteiger partial charge in [0.25, 0.3) is 5.91 Å². The Morgan fingerprint density at radius 2 is 2.29 bits per heavy atom. The van der Waals surface area contributed by atoms with E-state index in [1.54, 1.807) is 0 Å². The number of nitrogens with one attached hydrogen (secondary N) is 2. The van der Waals surface area contributed by atoms with E-state index < -0.39 is 23.9 Å². The summed E-state index contributed by atoms with van der Waals surface area (Å²) in [6, 6.07) is -1.62. The van der Waals surface area contributed by atoms with Crippen LogP contribution in [-0.2, 0) is 9.59 Å². The SMILES string of the molecule is CC1=NC(=O)NC(=O)C1NC(=O)CCl. The Balaban J connectivity index is 2.77. The average Bonchev–Trinajstić information content (AvgIpc) is 2.10. The lowest BCUT2D eigenvalue weighted by Crippen LogP contribution is -2.55. The van der Waals surface area contributed by atoms with E-state index in [9.17, 15) is 14.4 Å². The van der Waals surface area contributed by atoms with E-state index in [0.717, 1.165) is 0 Å². The van der Waals surface area contributed by atoms with Gasteiger partial charge in [-0.3, -0.25) is 14.9 Å². The molecule has 0 bridgehead atoms. The minimum absolute atomic E-state index is 0.245. The van der Waals surface area contributed by atoms with Gasteiger partial charge >= 0.3 is 6.03 Å². The van der Waals surface area contributed by atoms with Gasteiger partial charge in [0.05, 0.1) is 5.71 Å². The van der Waals surface area contributed by atoms with Gasteiger partial charge in [-0.15, -0.1) is 11.6 Å². The van der Waals surface area contributed by atoms with Crippen molar-refractivity contribution in [3.05, 3.63) is 0 Å². The molecule has 1 rings (SSSR count). The topological polar surface area (TPSA) is 87.6 Å². The molecule has 1 atom stereocenters. The molecule has 0 saturated heterocycles. The number of carbonyl (C=O) groups is 3. The molecule has 7 heteroatoms. The van der Waals surface area contributed by atoms with Crippen molar-refractivity contribution in [3.8, 4) is 0 Å². The molecule has 1 aliphatic rings. The Hall–Kier alpha value is -1.43. The van der Waals surface area contributed by atoms with Gasteiger partial charge in [-0.25, -0.2) is 9.79 Å². The summed E-state index contributed by atoms with van der Waals surface area (Å²) in [7, 11) is 0. The van der Waals surface area contributed by atoms with Crippen molar-refractivity contribution in [2.24, 2.45) is 4.99 Å². The van der Waals surface area contributed by atoms with Gasteiger partial charge in [0.1, 0.15) is 11.9 Å². The molecule has 14 heavy (non-hydrogen) atoms. The molecule has 4 amide bonds. The predicted octanol–water partition coefficient (Wildman–Crippen LogP) is -0.579. The first-order valence-electron chi connectivity index (χ1n) is 3.80. The van der Waals surface area contributed by atoms with Gasteiger partial charge in [0.2, 0.25) is 5.91 Å². The number of nitrogens with zero attached hydrogens (tertiary/aromatic N) is 1. The van der Waals surface area contributed by atoms with E-state index in [1.165, 1.54) is 6.92 Å². The second-order valence-corrected chi connectivity index (χ2v) is 2.95. The number of amides is 4. The fourth-order valence-corrected chi connectivity index (χ4v) is 1.07. The average molecular weight is 218 g/mol. The molecule has 0 aromatic rings. The molecule has 1 heterocycles. The van der Waals surface area contributed by atoms with E-state index in [4.69, 9.17) is 11.6 Å². The summed E-state index contributed by atoms with van der Waals surface area (Å²) >= 11 is 5.24. The molecule has 0 spiro atoms. The fourth-order valence-electron chi connectivity index (χ4n) is 0.990. The van der Waals surface area contributed by atoms with Crippen LogP contribution in [0.2, 0.25) is 0 Å². The molecular formula is C7H8ClN3O3. The minimum atomic E-state index is -0.904. The smallest absolute Gasteiger partial charge is 0.339 e. The highest BCUT2D eigenvalue weighted by Gasteiger charge is 2.29. The zero-order chi connectivity index (χ0) is 10.7. The van der Waals surface area contributed by atoms with Crippen molar-refractivity contribution in [2.75, 3.05) is 5.88 Å². The van der Waals surface area contributed by atoms with E-state index in [2.05, 4.69) is 10.3 Å². The lowest BCUT2D eigenvalue weighted by molar-refractivity contribution is -0.125. The van der Waals surface area contributed by atoms with E-state index >= 15 is 0 Å². The van der Waals surface area contributed by atoms with Crippen molar-refractivity contribution in [3.63, 3.8) is 0 Å². The molecule has 0 aromatic heterocycles. The van der Waals surface area contributed by atoms with Crippen LogP contribution in [0.3, 0.4) is 0 Å². The lowest BCUT2D eigenvalue weighted by Gasteiger charge is -2.19. The first-order chi connectivity index (χ1) is 6.54. The Kier molecular flexibility index (Phi) is 3.19. The van der Waals surface area contributed by atoms with Crippen LogP contribution in [0.4, 0.5) is 4.79 Å². The third kappa shape index (κ3) is 2.29. The lowest BCUT2D eigenvalue weighted by atomic mass is 10.1. The third-order valence-corrected chi connectivity index (χ3v) is 1.86. The number of hydrogen-bond acceptors (Lipinski definition) is 3. The highest BCUT2D eigenvalue weighted by molar-refractivity contribution is 6.28. The summed E-state index contributed by atoms with van der Waals surface area (Å²) in [4.78, 5) is 36.3. The van der Waals surface area contributed by atoms with Crippen molar-refractivity contribution in [1.82, 2.24) is 10.6 Å². The second kappa shape index (κ2) is 4.19. The summed E-state index contributed by atoms with van der Waals surface area (Å²) in [6.45, 7) is 1.48. The standard InChI is InChI=1S/C7H8ClN3O3/c1-3-5(10-4(12)2-8)6(13)11-7(14)9-3/h5H,2H2,1H3,(H,10,12)(H,11,13,14). The molecule has 0 fully saturated rings. The van der Waals surface area contributed by atoms with Crippen LogP contribution in [0.5, 0.6) is 0 Å². The highest BCUT2D eigenvalue weighted by atomic mass is 35.5. The van der Waals surface area contributed by atoms with E-state index in [0.29, 0.717) is 0 Å². The quantitative estimate of drug-likeness (QED) is 0.607. The number of urea groups is 1. The molecule has 1 unspecified atom stereocenters. The number of alkyl halides is 1. The third-order valence-electron chi connectivity index (χ3n) is 1.61. The first-order valence-corrected chi connectivity index (χ1v) is 4.33. The van der Waals surface area contributed by atoms with Crippen LogP contribution in [-0.4, -0.2) is 35.5 Å². The van der Waals surface area contributed by atoms with Gasteiger partial charge in [-0.2, -0.15) is 0 Å². The van der Waals surface area contributed by atoms with Crippen LogP contribution in [0.25, 0.3) is 0 Å². The zero-order valence-corrected chi connectivity index (χ0v) is 8.09. The van der Waals surface area contributed by atoms with Gasteiger partial charge in [0, 0.05) is 0 Å². The number of hydrogen-bond donors (Lipinski definition) is 2. The Morgan fingerprint density at radius 1 is 1.64 bits per heavy atom. The predicted molar refractivity (Wildman–Crippen MR) is 49.3 cm³/mol. The van der Waals surface area contributed by atoms with Crippen LogP contribution in [0.15, 0.2) is 4.99 Å². The molecule has 76 valence electrons. The molecule has 0 aliphatic carbocycles. The van der Waals surface area contributed by atoms with Gasteiger partial charge < -0.3 is 5.32 Å². The molecule has 2 N–H and O–H groups in total. The second-order valence-electron chi connectivity index (χ2n) is 2.68. The molecule has 0 radical (unpaired) electrons. The minimum Gasteiger partial charge on any atom is -0.339 e. The van der Waals surface area contributed by atoms with Crippen molar-refractivity contribution in [1.29, 1.82) is 0 Å². The maximum absolute atomic E-state index is 11.2. The monoisotopic (exact) mass is 217 g/mol. The largest absolute Gasteiger partial charge is 0.347 e. The summed E-state index contributed by atoms with van der Waals surface area (Å²) in [5.41, 5.74) is 0.247. The number of rotatable bonds is 2. The van der Waals surface area contributed by atoms with Crippen molar-refractivity contribution >= 4 is 35.2 Å². The number of aliphatic imine (C=N–C) groups is 1. The van der Waals surface area contributed by atoms with Crippen LogP contribution >= 0.6 is 11.6 Å². The highest BCUT2D eigenvalue weighted by Crippen LogP contribution is 1.98.